The molecule has 1 atom stereocenters. The molecule has 6 nitrogen and oxygen atoms in total. The highest BCUT2D eigenvalue weighted by Gasteiger charge is 2.37. The maximum Gasteiger partial charge on any atom is 0.243 e. The van der Waals surface area contributed by atoms with Crippen molar-refractivity contribution in [3.05, 3.63) is 0 Å². The van der Waals surface area contributed by atoms with E-state index >= 15 is 0 Å². The lowest BCUT2D eigenvalue weighted by molar-refractivity contribution is -0.138. The molecule has 0 aromatic heterocycles. The quantitative estimate of drug-likeness (QED) is 0.730. The molecule has 2 aliphatic rings. The number of piperidine rings is 1. The Kier molecular flexibility index (Phi) is 8.68. The number of nitrogens with zero attached hydrogens (tertiary/aromatic N) is 1. The lowest BCUT2D eigenvalue weighted by Gasteiger charge is -2.37. The Morgan fingerprint density at radius 1 is 1.39 bits per heavy atom. The first kappa shape index (κ1) is 20.5. The van der Waals surface area contributed by atoms with Crippen LogP contribution in [0.4, 0.5) is 0 Å². The van der Waals surface area contributed by atoms with Gasteiger partial charge in [0.15, 0.2) is 0 Å². The van der Waals surface area contributed by atoms with Crippen molar-refractivity contribution in [2.24, 2.45) is 5.41 Å². The molecule has 1 unspecified atom stereocenters. The van der Waals surface area contributed by atoms with Crippen molar-refractivity contribution in [3.8, 4) is 0 Å². The van der Waals surface area contributed by atoms with E-state index in [9.17, 15) is 9.59 Å². The monoisotopic (exact) mass is 365 g/mol. The molecule has 8 heteroatoms. The topological polar surface area (TPSA) is 70.7 Å². The van der Waals surface area contributed by atoms with Gasteiger partial charge in [-0.2, -0.15) is 0 Å². The molecule has 2 aliphatic heterocycles. The number of rotatable bonds is 6. The molecule has 2 amide bonds. The highest BCUT2D eigenvalue weighted by atomic mass is 35.5. The first-order valence-corrected chi connectivity index (χ1v) is 9.12. The van der Waals surface area contributed by atoms with Gasteiger partial charge < -0.3 is 20.3 Å². The molecule has 2 N–H and O–H groups in total. The van der Waals surface area contributed by atoms with Crippen LogP contribution in [0.25, 0.3) is 0 Å². The van der Waals surface area contributed by atoms with Crippen LogP contribution in [0.1, 0.15) is 26.2 Å². The van der Waals surface area contributed by atoms with Crippen molar-refractivity contribution in [1.29, 1.82) is 0 Å². The molecule has 23 heavy (non-hydrogen) atoms. The Morgan fingerprint density at radius 3 is 2.70 bits per heavy atom. The summed E-state index contributed by atoms with van der Waals surface area (Å²) in [6, 6.07) is -0.321. The van der Waals surface area contributed by atoms with Crippen molar-refractivity contribution in [2.45, 2.75) is 32.2 Å². The van der Waals surface area contributed by atoms with Gasteiger partial charge in [0.25, 0.3) is 0 Å². The van der Waals surface area contributed by atoms with Gasteiger partial charge in [0.2, 0.25) is 11.8 Å². The number of ether oxygens (including phenoxy) is 1. The first-order chi connectivity index (χ1) is 10.6. The van der Waals surface area contributed by atoms with Crippen LogP contribution in [-0.2, 0) is 14.3 Å². The number of hydrogen-bond acceptors (Lipinski definition) is 5. The number of hydrogen-bond donors (Lipinski definition) is 2. The van der Waals surface area contributed by atoms with E-state index in [1.54, 1.807) is 23.8 Å². The molecular weight excluding hydrogens is 338 g/mol. The minimum absolute atomic E-state index is 0. The second-order valence-corrected chi connectivity index (χ2v) is 7.13. The van der Waals surface area contributed by atoms with E-state index in [0.29, 0.717) is 31.2 Å². The van der Waals surface area contributed by atoms with Crippen LogP contribution < -0.4 is 10.6 Å². The summed E-state index contributed by atoms with van der Waals surface area (Å²) in [5, 5.41) is 6.42. The summed E-state index contributed by atoms with van der Waals surface area (Å²) in [5.74, 6) is 1.34. The van der Waals surface area contributed by atoms with Crippen molar-refractivity contribution in [2.75, 3.05) is 45.0 Å². The Bertz CT molecular complexity index is 400. The van der Waals surface area contributed by atoms with Crippen molar-refractivity contribution in [1.82, 2.24) is 15.5 Å². The molecule has 2 saturated heterocycles. The van der Waals surface area contributed by atoms with E-state index in [-0.39, 0.29) is 35.7 Å². The van der Waals surface area contributed by atoms with Crippen LogP contribution in [0.2, 0.25) is 0 Å². The normalized spacial score (nSPS) is 23.2. The average molecular weight is 366 g/mol. The van der Waals surface area contributed by atoms with Crippen LogP contribution in [0.3, 0.4) is 0 Å². The van der Waals surface area contributed by atoms with Crippen LogP contribution >= 0.6 is 24.2 Å². The second-order valence-electron chi connectivity index (χ2n) is 6.13. The molecule has 2 rings (SSSR count). The number of thioether (sulfide) groups is 1. The van der Waals surface area contributed by atoms with Gasteiger partial charge in [-0.25, -0.2) is 0 Å². The summed E-state index contributed by atoms with van der Waals surface area (Å²) in [4.78, 5) is 26.1. The average Bonchev–Trinajstić information content (AvgIpc) is 3.03. The van der Waals surface area contributed by atoms with Gasteiger partial charge in [-0.1, -0.05) is 6.92 Å². The highest BCUT2D eigenvalue weighted by molar-refractivity contribution is 7.99. The minimum Gasteiger partial charge on any atom is -0.384 e. The summed E-state index contributed by atoms with van der Waals surface area (Å²) < 4.78 is 5.37. The van der Waals surface area contributed by atoms with E-state index < -0.39 is 0 Å². The molecule has 0 saturated carbocycles. The molecule has 0 bridgehead atoms. The SMILES string of the molecule is CCC(=O)N1CSCC1C(=O)NCC1(COC)CCNCC1.Cl. The molecule has 0 aromatic rings. The Balaban J connectivity index is 0.00000264. The number of carbonyl (C=O) groups is 2. The number of methoxy groups -OCH3 is 1. The fourth-order valence-corrected chi connectivity index (χ4v) is 4.32. The van der Waals surface area contributed by atoms with Gasteiger partial charge in [-0.05, 0) is 25.9 Å². The maximum absolute atomic E-state index is 12.5. The fraction of sp³-hybridized carbons (Fsp3) is 0.867. The summed E-state index contributed by atoms with van der Waals surface area (Å²) in [6.45, 7) is 5.03. The number of halogens is 1. The van der Waals surface area contributed by atoms with Crippen molar-refractivity contribution in [3.63, 3.8) is 0 Å². The van der Waals surface area contributed by atoms with Gasteiger partial charge in [0.05, 0.1) is 12.5 Å². The zero-order valence-electron chi connectivity index (χ0n) is 13.9. The zero-order chi connectivity index (χ0) is 16.0. The third kappa shape index (κ3) is 5.24. The van der Waals surface area contributed by atoms with Crippen molar-refractivity contribution < 1.29 is 14.3 Å². The van der Waals surface area contributed by atoms with Gasteiger partial charge in [-0.15, -0.1) is 24.2 Å². The molecule has 0 aromatic carbocycles. The maximum atomic E-state index is 12.5. The smallest absolute Gasteiger partial charge is 0.243 e. The molecule has 134 valence electrons. The van der Waals surface area contributed by atoms with E-state index in [1.165, 1.54) is 0 Å². The summed E-state index contributed by atoms with van der Waals surface area (Å²) in [7, 11) is 1.71. The van der Waals surface area contributed by atoms with Crippen molar-refractivity contribution >= 4 is 36.0 Å². The molecule has 0 radical (unpaired) electrons. The third-order valence-electron chi connectivity index (χ3n) is 4.56. The Hall–Kier alpha value is -0.500. The third-order valence-corrected chi connectivity index (χ3v) is 5.57. The molecule has 2 heterocycles. The first-order valence-electron chi connectivity index (χ1n) is 7.96. The standard InChI is InChI=1S/C15H27N3O3S.ClH/c1-3-13(19)18-11-22-8-12(18)14(20)17-9-15(10-21-2)4-6-16-7-5-15;/h12,16H,3-11H2,1-2H3,(H,17,20);1H. The molecule has 0 aliphatic carbocycles. The number of amides is 2. The van der Waals surface area contributed by atoms with Gasteiger partial charge in [-0.3, -0.25) is 9.59 Å². The summed E-state index contributed by atoms with van der Waals surface area (Å²) >= 11 is 1.64. The highest BCUT2D eigenvalue weighted by Crippen LogP contribution is 2.29. The van der Waals surface area contributed by atoms with Gasteiger partial charge in [0.1, 0.15) is 6.04 Å². The van der Waals surface area contributed by atoms with E-state index in [0.717, 1.165) is 25.9 Å². The number of nitrogens with one attached hydrogen (secondary N) is 2. The van der Waals surface area contributed by atoms with Gasteiger partial charge >= 0.3 is 0 Å². The molecule has 2 fully saturated rings. The summed E-state index contributed by atoms with van der Waals surface area (Å²) in [6.07, 6.45) is 2.44. The van der Waals surface area contributed by atoms with Crippen LogP contribution in [-0.4, -0.2) is 67.7 Å². The van der Waals surface area contributed by atoms with Crippen LogP contribution in [0.5, 0.6) is 0 Å². The molecular formula is C15H28ClN3O3S. The predicted molar refractivity (Wildman–Crippen MR) is 94.9 cm³/mol. The number of carbonyl (C=O) groups excluding carboxylic acids is 2. The predicted octanol–water partition coefficient (Wildman–Crippen LogP) is 0.852. The van der Waals surface area contributed by atoms with Crippen LogP contribution in [0, 0.1) is 5.41 Å². The Labute approximate surface area is 148 Å². The Morgan fingerprint density at radius 2 is 2.09 bits per heavy atom. The summed E-state index contributed by atoms with van der Waals surface area (Å²) in [5.41, 5.74) is 0.0149. The second kappa shape index (κ2) is 9.71. The molecule has 0 spiro atoms. The zero-order valence-corrected chi connectivity index (χ0v) is 15.6. The van der Waals surface area contributed by atoms with E-state index in [1.807, 2.05) is 6.92 Å². The fourth-order valence-electron chi connectivity index (χ4n) is 3.14. The lowest BCUT2D eigenvalue weighted by Crippen LogP contribution is -2.52. The lowest BCUT2D eigenvalue weighted by atomic mass is 9.79. The van der Waals surface area contributed by atoms with Crippen LogP contribution in [0.15, 0.2) is 0 Å². The van der Waals surface area contributed by atoms with E-state index in [2.05, 4.69) is 10.6 Å². The largest absolute Gasteiger partial charge is 0.384 e. The van der Waals surface area contributed by atoms with Gasteiger partial charge in [0, 0.05) is 31.2 Å². The van der Waals surface area contributed by atoms with E-state index in [4.69, 9.17) is 4.74 Å². The minimum atomic E-state index is -0.321.